The molecule has 0 aliphatic carbocycles. The van der Waals surface area contributed by atoms with Gasteiger partial charge in [0.1, 0.15) is 0 Å². The smallest absolute Gasteiger partial charge is 0.195 e. The highest BCUT2D eigenvalue weighted by molar-refractivity contribution is 7.15. The molecule has 0 bridgehead atoms. The van der Waals surface area contributed by atoms with E-state index in [0.717, 1.165) is 21.2 Å². The Balaban J connectivity index is 1.94. The predicted molar refractivity (Wildman–Crippen MR) is 75.5 cm³/mol. The highest BCUT2D eigenvalue weighted by Crippen LogP contribution is 2.18. The molecule has 3 heterocycles. The summed E-state index contributed by atoms with van der Waals surface area (Å²) in [6.07, 6.45) is 5.42. The van der Waals surface area contributed by atoms with Crippen LogP contribution in [-0.2, 0) is 0 Å². The quantitative estimate of drug-likeness (QED) is 0.539. The molecule has 3 rings (SSSR count). The van der Waals surface area contributed by atoms with E-state index < -0.39 is 0 Å². The van der Waals surface area contributed by atoms with Crippen LogP contribution in [0.1, 0.15) is 21.1 Å². The van der Waals surface area contributed by atoms with E-state index in [-0.39, 0.29) is 5.78 Å². The number of imidazole rings is 1. The SMILES string of the molecule is Cc1nc2sccn2c1/C=C/C(=O)c1cccs1. The van der Waals surface area contributed by atoms with E-state index in [4.69, 9.17) is 0 Å². The number of nitrogens with zero attached hydrogens (tertiary/aromatic N) is 2. The molecule has 3 aromatic heterocycles. The first-order valence-corrected chi connectivity index (χ1v) is 7.20. The average Bonchev–Trinajstić information content (AvgIpc) is 3.02. The minimum atomic E-state index is 0.0366. The van der Waals surface area contributed by atoms with Gasteiger partial charge in [-0.1, -0.05) is 6.07 Å². The largest absolute Gasteiger partial charge is 0.291 e. The van der Waals surface area contributed by atoms with E-state index in [2.05, 4.69) is 4.98 Å². The van der Waals surface area contributed by atoms with Crippen molar-refractivity contribution in [3.63, 3.8) is 0 Å². The molecule has 0 fully saturated rings. The van der Waals surface area contributed by atoms with E-state index in [0.29, 0.717) is 0 Å². The first kappa shape index (κ1) is 11.4. The van der Waals surface area contributed by atoms with Gasteiger partial charge in [-0.25, -0.2) is 4.98 Å². The van der Waals surface area contributed by atoms with Crippen LogP contribution in [0.25, 0.3) is 11.0 Å². The van der Waals surface area contributed by atoms with E-state index in [9.17, 15) is 4.79 Å². The molecule has 18 heavy (non-hydrogen) atoms. The standard InChI is InChI=1S/C13H10N2OS2/c1-9-10(15-6-8-18-13(15)14-9)4-5-11(16)12-3-2-7-17-12/h2-8H,1H3/b5-4+. The average molecular weight is 274 g/mol. The molecule has 0 radical (unpaired) electrons. The summed E-state index contributed by atoms with van der Waals surface area (Å²) in [6.45, 7) is 1.95. The number of ketones is 1. The van der Waals surface area contributed by atoms with Gasteiger partial charge >= 0.3 is 0 Å². The number of carbonyl (C=O) groups excluding carboxylic acids is 1. The maximum Gasteiger partial charge on any atom is 0.195 e. The Morgan fingerprint density at radius 3 is 3.06 bits per heavy atom. The maximum absolute atomic E-state index is 11.9. The highest BCUT2D eigenvalue weighted by Gasteiger charge is 2.07. The summed E-state index contributed by atoms with van der Waals surface area (Å²) >= 11 is 3.05. The molecular weight excluding hydrogens is 264 g/mol. The van der Waals surface area contributed by atoms with Gasteiger partial charge < -0.3 is 0 Å². The van der Waals surface area contributed by atoms with Crippen molar-refractivity contribution >= 4 is 39.5 Å². The molecule has 0 aromatic carbocycles. The summed E-state index contributed by atoms with van der Waals surface area (Å²) in [5, 5.41) is 3.89. The fourth-order valence-electron chi connectivity index (χ4n) is 1.77. The number of fused-ring (bicyclic) bond motifs is 1. The number of aromatic nitrogens is 2. The molecule has 5 heteroatoms. The van der Waals surface area contributed by atoms with Crippen LogP contribution < -0.4 is 0 Å². The topological polar surface area (TPSA) is 34.4 Å². The third kappa shape index (κ3) is 1.91. The van der Waals surface area contributed by atoms with Gasteiger partial charge in [0.25, 0.3) is 0 Å². The number of hydrogen-bond donors (Lipinski definition) is 0. The fourth-order valence-corrected chi connectivity index (χ4v) is 3.18. The summed E-state index contributed by atoms with van der Waals surface area (Å²) in [5.74, 6) is 0.0366. The second kappa shape index (κ2) is 4.51. The van der Waals surface area contributed by atoms with Gasteiger partial charge in [-0.2, -0.15) is 0 Å². The summed E-state index contributed by atoms with van der Waals surface area (Å²) < 4.78 is 2.00. The molecule has 0 aliphatic heterocycles. The van der Waals surface area contributed by atoms with E-state index in [1.807, 2.05) is 46.5 Å². The van der Waals surface area contributed by atoms with Gasteiger partial charge in [0, 0.05) is 11.6 Å². The lowest BCUT2D eigenvalue weighted by molar-refractivity contribution is 0.105. The van der Waals surface area contributed by atoms with Crippen LogP contribution in [0.5, 0.6) is 0 Å². The van der Waals surface area contributed by atoms with Crippen molar-refractivity contribution in [2.75, 3.05) is 0 Å². The predicted octanol–water partition coefficient (Wildman–Crippen LogP) is 3.66. The molecule has 0 amide bonds. The van der Waals surface area contributed by atoms with E-state index in [1.165, 1.54) is 11.3 Å². The summed E-state index contributed by atoms with van der Waals surface area (Å²) in [5.41, 5.74) is 1.91. The lowest BCUT2D eigenvalue weighted by Gasteiger charge is -1.92. The molecule has 0 unspecified atom stereocenters. The third-order valence-corrected chi connectivity index (χ3v) is 4.28. The molecule has 0 saturated carbocycles. The van der Waals surface area contributed by atoms with Crippen molar-refractivity contribution in [1.82, 2.24) is 9.38 Å². The summed E-state index contributed by atoms with van der Waals surface area (Å²) in [4.78, 5) is 18.0. The van der Waals surface area contributed by atoms with E-state index >= 15 is 0 Å². The van der Waals surface area contributed by atoms with Gasteiger partial charge in [0.15, 0.2) is 10.7 Å². The number of rotatable bonds is 3. The molecule has 0 atom stereocenters. The zero-order valence-corrected chi connectivity index (χ0v) is 11.3. The molecular formula is C13H10N2OS2. The van der Waals surface area contributed by atoms with Crippen LogP contribution in [0, 0.1) is 6.92 Å². The second-order valence-corrected chi connectivity index (χ2v) is 5.63. The van der Waals surface area contributed by atoms with Crippen molar-refractivity contribution in [3.05, 3.63) is 51.4 Å². The van der Waals surface area contributed by atoms with Crippen LogP contribution in [0.4, 0.5) is 0 Å². The van der Waals surface area contributed by atoms with Crippen LogP contribution in [0.3, 0.4) is 0 Å². The monoisotopic (exact) mass is 274 g/mol. The van der Waals surface area contributed by atoms with Crippen LogP contribution >= 0.6 is 22.7 Å². The number of allylic oxidation sites excluding steroid dienone is 1. The molecule has 0 N–H and O–H groups in total. The Bertz CT molecular complexity index is 719. The number of hydrogen-bond acceptors (Lipinski definition) is 4. The summed E-state index contributed by atoms with van der Waals surface area (Å²) in [6, 6.07) is 3.72. The Morgan fingerprint density at radius 2 is 2.28 bits per heavy atom. The Labute approximate surface area is 112 Å². The van der Waals surface area contributed by atoms with Crippen molar-refractivity contribution in [2.24, 2.45) is 0 Å². The van der Waals surface area contributed by atoms with Crippen molar-refractivity contribution in [1.29, 1.82) is 0 Å². The van der Waals surface area contributed by atoms with Crippen LogP contribution in [-0.4, -0.2) is 15.2 Å². The van der Waals surface area contributed by atoms with Gasteiger partial charge in [-0.15, -0.1) is 22.7 Å². The number of thiophene rings is 1. The second-order valence-electron chi connectivity index (χ2n) is 3.81. The van der Waals surface area contributed by atoms with Crippen molar-refractivity contribution < 1.29 is 4.79 Å². The normalized spacial score (nSPS) is 11.6. The Kier molecular flexibility index (Phi) is 2.85. The Hall–Kier alpha value is -1.72. The molecule has 3 aromatic rings. The molecule has 0 aliphatic rings. The van der Waals surface area contributed by atoms with Crippen LogP contribution in [0.15, 0.2) is 35.2 Å². The van der Waals surface area contributed by atoms with E-state index in [1.54, 1.807) is 17.4 Å². The van der Waals surface area contributed by atoms with Gasteiger partial charge in [0.2, 0.25) is 0 Å². The van der Waals surface area contributed by atoms with Crippen molar-refractivity contribution in [2.45, 2.75) is 6.92 Å². The van der Waals surface area contributed by atoms with Gasteiger partial charge in [-0.05, 0) is 30.5 Å². The molecule has 0 spiro atoms. The fraction of sp³-hybridized carbons (Fsp3) is 0.0769. The minimum Gasteiger partial charge on any atom is -0.291 e. The number of aryl methyl sites for hydroxylation is 1. The molecule has 3 nitrogen and oxygen atoms in total. The Morgan fingerprint density at radius 1 is 1.39 bits per heavy atom. The first-order valence-electron chi connectivity index (χ1n) is 5.44. The first-order chi connectivity index (χ1) is 8.75. The molecule has 0 saturated heterocycles. The highest BCUT2D eigenvalue weighted by atomic mass is 32.1. The summed E-state index contributed by atoms with van der Waals surface area (Å²) in [7, 11) is 0. The van der Waals surface area contributed by atoms with Crippen molar-refractivity contribution in [3.8, 4) is 0 Å². The van der Waals surface area contributed by atoms with Crippen LogP contribution in [0.2, 0.25) is 0 Å². The zero-order chi connectivity index (χ0) is 12.5. The lowest BCUT2D eigenvalue weighted by atomic mass is 10.2. The third-order valence-electron chi connectivity index (χ3n) is 2.64. The van der Waals surface area contributed by atoms with Gasteiger partial charge in [-0.3, -0.25) is 9.20 Å². The maximum atomic E-state index is 11.9. The van der Waals surface area contributed by atoms with Gasteiger partial charge in [0.05, 0.1) is 16.3 Å². The molecule has 90 valence electrons. The zero-order valence-electron chi connectivity index (χ0n) is 9.66. The minimum absolute atomic E-state index is 0.0366. The number of thiazole rings is 1. The lowest BCUT2D eigenvalue weighted by Crippen LogP contribution is -1.90. The number of carbonyl (C=O) groups is 1.